The number of carbonyl (C=O) groups is 2. The van der Waals surface area contributed by atoms with Crippen LogP contribution in [0.3, 0.4) is 0 Å². The lowest BCUT2D eigenvalue weighted by Gasteiger charge is -2.17. The second-order valence-electron chi connectivity index (χ2n) is 5.66. The van der Waals surface area contributed by atoms with Crippen LogP contribution in [0.4, 0.5) is 0 Å². The summed E-state index contributed by atoms with van der Waals surface area (Å²) in [6.45, 7) is 7.46. The Morgan fingerprint density at radius 1 is 1.43 bits per heavy atom. The minimum atomic E-state index is -0.838. The smallest absolute Gasteiger partial charge is 0.303 e. The van der Waals surface area contributed by atoms with Gasteiger partial charge in [-0.15, -0.1) is 0 Å². The van der Waals surface area contributed by atoms with E-state index in [1.54, 1.807) is 18.1 Å². The van der Waals surface area contributed by atoms with E-state index in [0.717, 1.165) is 18.7 Å². The van der Waals surface area contributed by atoms with Crippen LogP contribution in [-0.2, 0) is 17.8 Å². The van der Waals surface area contributed by atoms with Crippen LogP contribution >= 0.6 is 0 Å². The van der Waals surface area contributed by atoms with Crippen molar-refractivity contribution in [3.63, 3.8) is 0 Å². The molecule has 0 spiro atoms. The Hall–Kier alpha value is -1.85. The van der Waals surface area contributed by atoms with Gasteiger partial charge >= 0.3 is 5.97 Å². The summed E-state index contributed by atoms with van der Waals surface area (Å²) in [7, 11) is 1.70. The van der Waals surface area contributed by atoms with Crippen molar-refractivity contribution in [2.24, 2.45) is 5.92 Å². The third-order valence-corrected chi connectivity index (χ3v) is 3.28. The van der Waals surface area contributed by atoms with E-state index in [0.29, 0.717) is 24.4 Å². The summed E-state index contributed by atoms with van der Waals surface area (Å²) in [5.41, 5.74) is 1.56. The number of hydrogen-bond acceptors (Lipinski definition) is 3. The number of hydrogen-bond donors (Lipinski definition) is 1. The predicted molar refractivity (Wildman–Crippen MR) is 80.3 cm³/mol. The summed E-state index contributed by atoms with van der Waals surface area (Å²) >= 11 is 0. The molecular formula is C15H25N3O3. The van der Waals surface area contributed by atoms with E-state index in [1.807, 2.05) is 11.6 Å². The fourth-order valence-corrected chi connectivity index (χ4v) is 2.24. The fraction of sp³-hybridized carbons (Fsp3) is 0.667. The third-order valence-electron chi connectivity index (χ3n) is 3.28. The van der Waals surface area contributed by atoms with Gasteiger partial charge in [0.15, 0.2) is 0 Å². The van der Waals surface area contributed by atoms with Gasteiger partial charge in [0.25, 0.3) is 5.91 Å². The van der Waals surface area contributed by atoms with E-state index >= 15 is 0 Å². The van der Waals surface area contributed by atoms with E-state index in [9.17, 15) is 9.59 Å². The van der Waals surface area contributed by atoms with Crippen molar-refractivity contribution in [2.75, 3.05) is 13.6 Å². The highest BCUT2D eigenvalue weighted by molar-refractivity contribution is 5.95. The average molecular weight is 295 g/mol. The quantitative estimate of drug-likeness (QED) is 0.796. The van der Waals surface area contributed by atoms with Gasteiger partial charge in [0.05, 0.1) is 17.5 Å². The zero-order valence-corrected chi connectivity index (χ0v) is 13.3. The minimum absolute atomic E-state index is 0.0743. The molecule has 0 aliphatic rings. The molecule has 1 amide bonds. The van der Waals surface area contributed by atoms with Gasteiger partial charge in [-0.2, -0.15) is 5.10 Å². The maximum atomic E-state index is 12.4. The lowest BCUT2D eigenvalue weighted by atomic mass is 10.1. The van der Waals surface area contributed by atoms with Gasteiger partial charge in [-0.3, -0.25) is 14.3 Å². The van der Waals surface area contributed by atoms with Crippen LogP contribution in [0.5, 0.6) is 0 Å². The highest BCUT2D eigenvalue weighted by Gasteiger charge is 2.19. The molecule has 0 aromatic carbocycles. The lowest BCUT2D eigenvalue weighted by molar-refractivity contribution is -0.137. The summed E-state index contributed by atoms with van der Waals surface area (Å²) < 4.78 is 1.89. The van der Waals surface area contributed by atoms with Crippen LogP contribution in [0.1, 0.15) is 49.7 Å². The topological polar surface area (TPSA) is 75.4 Å². The molecule has 0 fully saturated rings. The highest BCUT2D eigenvalue weighted by atomic mass is 16.4. The van der Waals surface area contributed by atoms with Gasteiger partial charge in [-0.25, -0.2) is 0 Å². The van der Waals surface area contributed by atoms with E-state index in [2.05, 4.69) is 18.9 Å². The molecule has 6 nitrogen and oxygen atoms in total. The monoisotopic (exact) mass is 295 g/mol. The van der Waals surface area contributed by atoms with Gasteiger partial charge in [-0.05, 0) is 18.8 Å². The van der Waals surface area contributed by atoms with Crippen LogP contribution in [0.25, 0.3) is 0 Å². The molecule has 0 atom stereocenters. The first-order chi connectivity index (χ1) is 9.86. The molecule has 1 heterocycles. The van der Waals surface area contributed by atoms with Crippen LogP contribution in [-0.4, -0.2) is 45.3 Å². The Morgan fingerprint density at radius 3 is 2.62 bits per heavy atom. The molecule has 1 aromatic rings. The highest BCUT2D eigenvalue weighted by Crippen LogP contribution is 2.14. The Balaban J connectivity index is 2.77. The van der Waals surface area contributed by atoms with Crippen molar-refractivity contribution in [1.29, 1.82) is 0 Å². The van der Waals surface area contributed by atoms with E-state index in [1.165, 1.54) is 0 Å². The molecule has 1 rings (SSSR count). The molecule has 0 unspecified atom stereocenters. The molecule has 0 aliphatic heterocycles. The normalized spacial score (nSPS) is 10.9. The number of carboxylic acid groups (broad SMARTS) is 1. The molecular weight excluding hydrogens is 270 g/mol. The average Bonchev–Trinajstić information content (AvgIpc) is 2.79. The van der Waals surface area contributed by atoms with Gasteiger partial charge < -0.3 is 10.0 Å². The summed E-state index contributed by atoms with van der Waals surface area (Å²) in [6.07, 6.45) is 2.90. The Morgan fingerprint density at radius 2 is 2.10 bits per heavy atom. The SMILES string of the molecule is CCc1c(C(=O)N(C)CCCC(=O)O)cnn1CC(C)C. The number of carboxylic acids is 1. The molecule has 21 heavy (non-hydrogen) atoms. The van der Waals surface area contributed by atoms with Gasteiger partial charge in [-0.1, -0.05) is 20.8 Å². The molecule has 0 saturated heterocycles. The van der Waals surface area contributed by atoms with E-state index in [-0.39, 0.29) is 12.3 Å². The number of amides is 1. The molecule has 6 heteroatoms. The van der Waals surface area contributed by atoms with Gasteiger partial charge in [0.1, 0.15) is 0 Å². The molecule has 1 aromatic heterocycles. The van der Waals surface area contributed by atoms with Gasteiger partial charge in [0, 0.05) is 26.6 Å². The molecule has 0 saturated carbocycles. The Kier molecular flexibility index (Phi) is 6.39. The number of nitrogens with zero attached hydrogens (tertiary/aromatic N) is 3. The van der Waals surface area contributed by atoms with Crippen molar-refractivity contribution in [3.8, 4) is 0 Å². The van der Waals surface area contributed by atoms with Crippen LogP contribution < -0.4 is 0 Å². The summed E-state index contributed by atoms with van der Waals surface area (Å²) in [4.78, 5) is 24.5. The van der Waals surface area contributed by atoms with E-state index in [4.69, 9.17) is 5.11 Å². The number of rotatable bonds is 8. The van der Waals surface area contributed by atoms with E-state index < -0.39 is 5.97 Å². The second-order valence-corrected chi connectivity index (χ2v) is 5.66. The van der Waals surface area contributed by atoms with Crippen LogP contribution in [0.15, 0.2) is 6.20 Å². The van der Waals surface area contributed by atoms with Crippen LogP contribution in [0.2, 0.25) is 0 Å². The first-order valence-corrected chi connectivity index (χ1v) is 7.38. The summed E-state index contributed by atoms with van der Waals surface area (Å²) in [5.74, 6) is -0.464. The fourth-order valence-electron chi connectivity index (χ4n) is 2.24. The molecule has 0 aliphatic carbocycles. The maximum absolute atomic E-state index is 12.4. The first kappa shape index (κ1) is 17.2. The maximum Gasteiger partial charge on any atom is 0.303 e. The molecule has 1 N–H and O–H groups in total. The molecule has 118 valence electrons. The second kappa shape index (κ2) is 7.81. The zero-order chi connectivity index (χ0) is 16.0. The summed E-state index contributed by atoms with van der Waals surface area (Å²) in [5, 5.41) is 12.9. The molecule has 0 radical (unpaired) electrons. The number of aliphatic carboxylic acids is 1. The van der Waals surface area contributed by atoms with Crippen molar-refractivity contribution < 1.29 is 14.7 Å². The lowest BCUT2D eigenvalue weighted by Crippen LogP contribution is -2.28. The standard InChI is InChI=1S/C15H25N3O3/c1-5-13-12(9-16-18(13)10-11(2)3)15(21)17(4)8-6-7-14(19)20/h9,11H,5-8,10H2,1-4H3,(H,19,20). The van der Waals surface area contributed by atoms with Crippen molar-refractivity contribution >= 4 is 11.9 Å². The van der Waals surface area contributed by atoms with Crippen molar-refractivity contribution in [1.82, 2.24) is 14.7 Å². The minimum Gasteiger partial charge on any atom is -0.481 e. The summed E-state index contributed by atoms with van der Waals surface area (Å²) in [6, 6.07) is 0. The van der Waals surface area contributed by atoms with Crippen LogP contribution in [0, 0.1) is 5.92 Å². The van der Waals surface area contributed by atoms with Crippen molar-refractivity contribution in [2.45, 2.75) is 46.6 Å². The Bertz CT molecular complexity index is 494. The number of carbonyl (C=O) groups excluding carboxylic acids is 1. The zero-order valence-electron chi connectivity index (χ0n) is 13.3. The predicted octanol–water partition coefficient (Wildman–Crippen LogP) is 2.04. The number of aromatic nitrogens is 2. The molecule has 0 bridgehead atoms. The Labute approximate surface area is 125 Å². The largest absolute Gasteiger partial charge is 0.481 e. The third kappa shape index (κ3) is 4.88. The van der Waals surface area contributed by atoms with Gasteiger partial charge in [0.2, 0.25) is 0 Å². The van der Waals surface area contributed by atoms with Crippen molar-refractivity contribution in [3.05, 3.63) is 17.5 Å². The first-order valence-electron chi connectivity index (χ1n) is 7.38.